The first kappa shape index (κ1) is 14.5. The van der Waals surface area contributed by atoms with Gasteiger partial charge in [-0.05, 0) is 18.6 Å². The second-order valence-corrected chi connectivity index (χ2v) is 4.27. The molecule has 0 radical (unpaired) electrons. The molecule has 0 bridgehead atoms. The number of aliphatic hydroxyl groups excluding tert-OH is 1. The van der Waals surface area contributed by atoms with Crippen LogP contribution in [0.1, 0.15) is 43.7 Å². The van der Waals surface area contributed by atoms with Crippen LogP contribution >= 0.6 is 0 Å². The van der Waals surface area contributed by atoms with Crippen molar-refractivity contribution in [2.75, 3.05) is 0 Å². The third-order valence-corrected chi connectivity index (χ3v) is 2.80. The maximum atomic E-state index is 11.5. The van der Waals surface area contributed by atoms with E-state index in [0.29, 0.717) is 17.5 Å². The largest absolute Gasteiger partial charge is 0.507 e. The monoisotopic (exact) mass is 248 g/mol. The lowest BCUT2D eigenvalue weighted by Crippen LogP contribution is -1.92. The SMILES string of the molecule is CCCCCC(=O)C=Cc1cccc(CO)c1O. The van der Waals surface area contributed by atoms with E-state index in [4.69, 9.17) is 5.11 Å². The summed E-state index contributed by atoms with van der Waals surface area (Å²) in [5.41, 5.74) is 1.03. The lowest BCUT2D eigenvalue weighted by atomic mass is 10.1. The minimum absolute atomic E-state index is 0.0395. The Morgan fingerprint density at radius 1 is 1.33 bits per heavy atom. The Hall–Kier alpha value is -1.61. The second-order valence-electron chi connectivity index (χ2n) is 4.27. The number of benzene rings is 1. The number of allylic oxidation sites excluding steroid dienone is 1. The van der Waals surface area contributed by atoms with E-state index < -0.39 is 0 Å². The van der Waals surface area contributed by atoms with Crippen molar-refractivity contribution in [1.82, 2.24) is 0 Å². The van der Waals surface area contributed by atoms with Crippen LogP contribution in [-0.2, 0) is 11.4 Å². The summed E-state index contributed by atoms with van der Waals surface area (Å²) in [4.78, 5) is 11.5. The van der Waals surface area contributed by atoms with E-state index in [-0.39, 0.29) is 18.1 Å². The second kappa shape index (κ2) is 7.67. The summed E-state index contributed by atoms with van der Waals surface area (Å²) in [6, 6.07) is 5.10. The number of carbonyl (C=O) groups excluding carboxylic acids is 1. The van der Waals surface area contributed by atoms with E-state index >= 15 is 0 Å². The van der Waals surface area contributed by atoms with Gasteiger partial charge >= 0.3 is 0 Å². The van der Waals surface area contributed by atoms with Crippen molar-refractivity contribution in [1.29, 1.82) is 0 Å². The number of hydrogen-bond donors (Lipinski definition) is 2. The molecule has 0 unspecified atom stereocenters. The number of carbonyl (C=O) groups is 1. The van der Waals surface area contributed by atoms with Crippen molar-refractivity contribution in [3.63, 3.8) is 0 Å². The molecule has 0 spiro atoms. The topological polar surface area (TPSA) is 57.5 Å². The fraction of sp³-hybridized carbons (Fsp3) is 0.400. The van der Waals surface area contributed by atoms with Gasteiger partial charge in [0.05, 0.1) is 6.61 Å². The highest BCUT2D eigenvalue weighted by Gasteiger charge is 2.03. The normalized spacial score (nSPS) is 11.0. The molecule has 0 fully saturated rings. The van der Waals surface area contributed by atoms with Gasteiger partial charge in [0.25, 0.3) is 0 Å². The van der Waals surface area contributed by atoms with Crippen molar-refractivity contribution >= 4 is 11.9 Å². The summed E-state index contributed by atoms with van der Waals surface area (Å²) >= 11 is 0. The standard InChI is InChI=1S/C15H20O3/c1-2-3-4-8-14(17)10-9-12-6-5-7-13(11-16)15(12)18/h5-7,9-10,16,18H,2-4,8,11H2,1H3. The molecule has 0 saturated carbocycles. The molecule has 1 aromatic rings. The molecular weight excluding hydrogens is 228 g/mol. The molecule has 0 aliphatic carbocycles. The molecule has 1 aromatic carbocycles. The maximum Gasteiger partial charge on any atom is 0.155 e. The van der Waals surface area contributed by atoms with E-state index in [9.17, 15) is 9.90 Å². The highest BCUT2D eigenvalue weighted by Crippen LogP contribution is 2.23. The van der Waals surface area contributed by atoms with E-state index in [1.807, 2.05) is 0 Å². The molecule has 3 heteroatoms. The molecule has 2 N–H and O–H groups in total. The first-order chi connectivity index (χ1) is 8.69. The first-order valence-corrected chi connectivity index (χ1v) is 6.31. The van der Waals surface area contributed by atoms with Crippen molar-refractivity contribution in [2.45, 2.75) is 39.2 Å². The smallest absolute Gasteiger partial charge is 0.155 e. The highest BCUT2D eigenvalue weighted by molar-refractivity contribution is 5.93. The van der Waals surface area contributed by atoms with Crippen molar-refractivity contribution in [2.24, 2.45) is 0 Å². The zero-order chi connectivity index (χ0) is 13.4. The summed E-state index contributed by atoms with van der Waals surface area (Å²) in [6.45, 7) is 1.89. The van der Waals surface area contributed by atoms with Crippen molar-refractivity contribution in [3.8, 4) is 5.75 Å². The minimum Gasteiger partial charge on any atom is -0.507 e. The molecule has 0 aromatic heterocycles. The zero-order valence-corrected chi connectivity index (χ0v) is 10.7. The van der Waals surface area contributed by atoms with Crippen LogP contribution in [0.15, 0.2) is 24.3 Å². The summed E-state index contributed by atoms with van der Waals surface area (Å²) in [6.07, 6.45) is 6.70. The molecule has 3 nitrogen and oxygen atoms in total. The van der Waals surface area contributed by atoms with Gasteiger partial charge < -0.3 is 10.2 Å². The molecule has 0 atom stereocenters. The van der Waals surface area contributed by atoms with Gasteiger partial charge in [-0.3, -0.25) is 4.79 Å². The van der Waals surface area contributed by atoms with Crippen molar-refractivity contribution < 1.29 is 15.0 Å². The van der Waals surface area contributed by atoms with Gasteiger partial charge in [-0.2, -0.15) is 0 Å². The fourth-order valence-corrected chi connectivity index (χ4v) is 1.69. The Balaban J connectivity index is 2.64. The Kier molecular flexibility index (Phi) is 6.15. The van der Waals surface area contributed by atoms with E-state index in [1.165, 1.54) is 6.08 Å². The van der Waals surface area contributed by atoms with Gasteiger partial charge in [0.15, 0.2) is 5.78 Å². The maximum absolute atomic E-state index is 11.5. The summed E-state index contributed by atoms with van der Waals surface area (Å²) in [5, 5.41) is 18.8. The molecule has 0 aliphatic rings. The van der Waals surface area contributed by atoms with Gasteiger partial charge in [0, 0.05) is 17.5 Å². The lowest BCUT2D eigenvalue weighted by molar-refractivity contribution is -0.114. The highest BCUT2D eigenvalue weighted by atomic mass is 16.3. The molecular formula is C15H20O3. The van der Waals surface area contributed by atoms with Crippen molar-refractivity contribution in [3.05, 3.63) is 35.4 Å². The predicted molar refractivity (Wildman–Crippen MR) is 72.2 cm³/mol. The van der Waals surface area contributed by atoms with Crippen LogP contribution in [0.2, 0.25) is 0 Å². The zero-order valence-electron chi connectivity index (χ0n) is 10.7. The Morgan fingerprint density at radius 2 is 2.11 bits per heavy atom. The number of phenols is 1. The number of aliphatic hydroxyl groups is 1. The van der Waals surface area contributed by atoms with Gasteiger partial charge in [0.1, 0.15) is 5.75 Å². The molecule has 1 rings (SSSR count). The number of aromatic hydroxyl groups is 1. The third kappa shape index (κ3) is 4.34. The number of hydrogen-bond acceptors (Lipinski definition) is 3. The van der Waals surface area contributed by atoms with Crippen LogP contribution < -0.4 is 0 Å². The number of unbranched alkanes of at least 4 members (excludes halogenated alkanes) is 2. The van der Waals surface area contributed by atoms with E-state index in [2.05, 4.69) is 6.92 Å². The van der Waals surface area contributed by atoms with Gasteiger partial charge in [-0.1, -0.05) is 38.0 Å². The summed E-state index contributed by atoms with van der Waals surface area (Å²) < 4.78 is 0. The predicted octanol–water partition coefficient (Wildman–Crippen LogP) is 3.05. The minimum atomic E-state index is -0.210. The van der Waals surface area contributed by atoms with Crippen LogP contribution in [-0.4, -0.2) is 16.0 Å². The number of ketones is 1. The quantitative estimate of drug-likeness (QED) is 0.576. The fourth-order valence-electron chi connectivity index (χ4n) is 1.69. The Labute approximate surface area is 108 Å². The Morgan fingerprint density at radius 3 is 2.78 bits per heavy atom. The summed E-state index contributed by atoms with van der Waals surface area (Å²) in [5.74, 6) is 0.106. The molecule has 0 amide bonds. The van der Waals surface area contributed by atoms with Gasteiger partial charge in [-0.15, -0.1) is 0 Å². The van der Waals surface area contributed by atoms with Crippen LogP contribution in [0.5, 0.6) is 5.75 Å². The summed E-state index contributed by atoms with van der Waals surface area (Å²) in [7, 11) is 0. The molecule has 0 saturated heterocycles. The molecule has 98 valence electrons. The average molecular weight is 248 g/mol. The van der Waals surface area contributed by atoms with E-state index in [1.54, 1.807) is 24.3 Å². The van der Waals surface area contributed by atoms with E-state index in [0.717, 1.165) is 19.3 Å². The van der Waals surface area contributed by atoms with Crippen LogP contribution in [0.25, 0.3) is 6.08 Å². The molecule has 0 heterocycles. The van der Waals surface area contributed by atoms with Crippen LogP contribution in [0.3, 0.4) is 0 Å². The third-order valence-electron chi connectivity index (χ3n) is 2.80. The van der Waals surface area contributed by atoms with Gasteiger partial charge in [-0.25, -0.2) is 0 Å². The number of para-hydroxylation sites is 1. The lowest BCUT2D eigenvalue weighted by Gasteiger charge is -2.03. The van der Waals surface area contributed by atoms with Crippen LogP contribution in [0, 0.1) is 0 Å². The number of rotatable bonds is 7. The van der Waals surface area contributed by atoms with Gasteiger partial charge in [0.2, 0.25) is 0 Å². The first-order valence-electron chi connectivity index (χ1n) is 6.31. The molecule has 18 heavy (non-hydrogen) atoms. The Bertz CT molecular complexity index is 422. The average Bonchev–Trinajstić information content (AvgIpc) is 2.38. The van der Waals surface area contributed by atoms with Crippen LogP contribution in [0.4, 0.5) is 0 Å². The molecule has 0 aliphatic heterocycles.